The van der Waals surface area contributed by atoms with E-state index < -0.39 is 0 Å². The van der Waals surface area contributed by atoms with Gasteiger partial charge in [-0.05, 0) is 30.3 Å². The number of carbonyl (C=O) groups excluding carboxylic acids is 4. The second-order valence-electron chi connectivity index (χ2n) is 7.57. The summed E-state index contributed by atoms with van der Waals surface area (Å²) in [6.07, 6.45) is -0.0382. The van der Waals surface area contributed by atoms with Crippen molar-refractivity contribution in [3.8, 4) is 17.0 Å². The molecule has 0 aliphatic carbocycles. The quantitative estimate of drug-likeness (QED) is 0.584. The third-order valence-electron chi connectivity index (χ3n) is 5.53. The first-order chi connectivity index (χ1) is 15.9. The van der Waals surface area contributed by atoms with E-state index in [1.807, 2.05) is 12.1 Å². The SMILES string of the molecule is CN1C(=O)COc2ccc(-c3csc(NC(=O)CCN4C(=O)c5ccccc5C4=O)n3)cc21. The highest BCUT2D eigenvalue weighted by molar-refractivity contribution is 7.14. The molecule has 3 aromatic rings. The lowest BCUT2D eigenvalue weighted by Crippen LogP contribution is -2.35. The fourth-order valence-corrected chi connectivity index (χ4v) is 4.47. The first kappa shape index (κ1) is 20.8. The molecule has 0 spiro atoms. The number of amides is 4. The number of aromatic nitrogens is 1. The molecular formula is C23H18N4O5S. The van der Waals surface area contributed by atoms with E-state index in [0.29, 0.717) is 33.4 Å². The Labute approximate surface area is 192 Å². The number of thiazole rings is 1. The smallest absolute Gasteiger partial charge is 0.264 e. The van der Waals surface area contributed by atoms with Crippen LogP contribution in [0.25, 0.3) is 11.3 Å². The number of nitrogens with one attached hydrogen (secondary N) is 1. The number of rotatable bonds is 5. The molecule has 0 saturated heterocycles. The van der Waals surface area contributed by atoms with Gasteiger partial charge in [0, 0.05) is 31.0 Å². The number of fused-ring (bicyclic) bond motifs is 2. The molecule has 3 heterocycles. The van der Waals surface area contributed by atoms with Crippen molar-refractivity contribution in [3.05, 3.63) is 59.0 Å². The molecule has 0 fully saturated rings. The predicted molar refractivity (Wildman–Crippen MR) is 122 cm³/mol. The van der Waals surface area contributed by atoms with Crippen LogP contribution in [0.3, 0.4) is 0 Å². The van der Waals surface area contributed by atoms with Crippen LogP contribution in [0, 0.1) is 0 Å². The van der Waals surface area contributed by atoms with Gasteiger partial charge in [0.15, 0.2) is 11.7 Å². The molecule has 0 saturated carbocycles. The Balaban J connectivity index is 1.23. The number of likely N-dealkylation sites (N-methyl/N-ethyl adjacent to an activating group) is 1. The number of hydrogen-bond donors (Lipinski definition) is 1. The highest BCUT2D eigenvalue weighted by atomic mass is 32.1. The van der Waals surface area contributed by atoms with Gasteiger partial charge in [0.2, 0.25) is 5.91 Å². The molecule has 9 nitrogen and oxygen atoms in total. The number of benzene rings is 2. The maximum atomic E-state index is 12.4. The minimum absolute atomic E-state index is 0.0104. The molecule has 33 heavy (non-hydrogen) atoms. The molecule has 0 bridgehead atoms. The highest BCUT2D eigenvalue weighted by Crippen LogP contribution is 2.36. The lowest BCUT2D eigenvalue weighted by molar-refractivity contribution is -0.121. The second kappa shape index (κ2) is 8.14. The predicted octanol–water partition coefficient (Wildman–Crippen LogP) is 2.79. The molecule has 2 aliphatic heterocycles. The van der Waals surface area contributed by atoms with Crippen LogP contribution >= 0.6 is 11.3 Å². The van der Waals surface area contributed by atoms with Crippen molar-refractivity contribution in [3.63, 3.8) is 0 Å². The zero-order chi connectivity index (χ0) is 23.1. The molecule has 2 aromatic carbocycles. The van der Waals surface area contributed by atoms with E-state index in [0.717, 1.165) is 10.5 Å². The van der Waals surface area contributed by atoms with Gasteiger partial charge in [0.1, 0.15) is 5.75 Å². The Morgan fingerprint density at radius 1 is 1.12 bits per heavy atom. The van der Waals surface area contributed by atoms with Gasteiger partial charge in [-0.2, -0.15) is 0 Å². The number of ether oxygens (including phenoxy) is 1. The zero-order valence-electron chi connectivity index (χ0n) is 17.5. The fraction of sp³-hybridized carbons (Fsp3) is 0.174. The van der Waals surface area contributed by atoms with Crippen LogP contribution in [0.4, 0.5) is 10.8 Å². The monoisotopic (exact) mass is 462 g/mol. The van der Waals surface area contributed by atoms with Crippen molar-refractivity contribution in [1.82, 2.24) is 9.88 Å². The summed E-state index contributed by atoms with van der Waals surface area (Å²) in [4.78, 5) is 56.2. The summed E-state index contributed by atoms with van der Waals surface area (Å²) in [6, 6.07) is 12.0. The molecular weight excluding hydrogens is 444 g/mol. The summed E-state index contributed by atoms with van der Waals surface area (Å²) in [7, 11) is 1.69. The largest absolute Gasteiger partial charge is 0.482 e. The van der Waals surface area contributed by atoms with Gasteiger partial charge in [-0.1, -0.05) is 12.1 Å². The van der Waals surface area contributed by atoms with E-state index in [1.54, 1.807) is 42.8 Å². The number of hydrogen-bond acceptors (Lipinski definition) is 7. The lowest BCUT2D eigenvalue weighted by Gasteiger charge is -2.26. The topological polar surface area (TPSA) is 109 Å². The second-order valence-corrected chi connectivity index (χ2v) is 8.43. The van der Waals surface area contributed by atoms with Crippen molar-refractivity contribution >= 4 is 45.8 Å². The molecule has 4 amide bonds. The maximum absolute atomic E-state index is 12.4. The molecule has 0 radical (unpaired) electrons. The van der Waals surface area contributed by atoms with Gasteiger partial charge in [0.25, 0.3) is 17.7 Å². The van der Waals surface area contributed by atoms with Crippen molar-refractivity contribution in [2.75, 3.05) is 30.4 Å². The van der Waals surface area contributed by atoms with E-state index in [2.05, 4.69) is 10.3 Å². The number of nitrogens with zero attached hydrogens (tertiary/aromatic N) is 3. The molecule has 0 atom stereocenters. The lowest BCUT2D eigenvalue weighted by atomic mass is 10.1. The molecule has 1 aromatic heterocycles. The standard InChI is InChI=1S/C23H18N4O5S/c1-26-17-10-13(6-7-18(17)32-11-20(26)29)16-12-33-23(24-16)25-19(28)8-9-27-21(30)14-4-2-3-5-15(14)22(27)31/h2-7,10,12H,8-9,11H2,1H3,(H,24,25,28). The molecule has 1 N–H and O–H groups in total. The number of anilines is 2. The van der Waals surface area contributed by atoms with Crippen molar-refractivity contribution in [2.45, 2.75) is 6.42 Å². The normalized spacial score (nSPS) is 14.8. The highest BCUT2D eigenvalue weighted by Gasteiger charge is 2.35. The van der Waals surface area contributed by atoms with Gasteiger partial charge >= 0.3 is 0 Å². The third-order valence-corrected chi connectivity index (χ3v) is 6.29. The molecule has 0 unspecified atom stereocenters. The van der Waals surface area contributed by atoms with Gasteiger partial charge in [-0.15, -0.1) is 11.3 Å². The first-order valence-electron chi connectivity index (χ1n) is 10.2. The maximum Gasteiger partial charge on any atom is 0.264 e. The number of carbonyl (C=O) groups is 4. The Kier molecular flexibility index (Phi) is 5.14. The van der Waals surface area contributed by atoms with Crippen LogP contribution in [-0.2, 0) is 9.59 Å². The van der Waals surface area contributed by atoms with E-state index in [4.69, 9.17) is 4.74 Å². The van der Waals surface area contributed by atoms with Crippen molar-refractivity contribution in [2.24, 2.45) is 0 Å². The Morgan fingerprint density at radius 2 is 1.85 bits per heavy atom. The summed E-state index contributed by atoms with van der Waals surface area (Å²) >= 11 is 1.26. The van der Waals surface area contributed by atoms with Crippen LogP contribution in [-0.4, -0.2) is 53.7 Å². The molecule has 5 rings (SSSR count). The van der Waals surface area contributed by atoms with E-state index >= 15 is 0 Å². The summed E-state index contributed by atoms with van der Waals surface area (Å²) < 4.78 is 5.44. The summed E-state index contributed by atoms with van der Waals surface area (Å²) in [5, 5.41) is 4.91. The summed E-state index contributed by atoms with van der Waals surface area (Å²) in [6.45, 7) is -0.00195. The molecule has 10 heteroatoms. The van der Waals surface area contributed by atoms with Crippen LogP contribution in [0.1, 0.15) is 27.1 Å². The zero-order valence-corrected chi connectivity index (χ0v) is 18.3. The van der Waals surface area contributed by atoms with Crippen LogP contribution in [0.2, 0.25) is 0 Å². The van der Waals surface area contributed by atoms with Gasteiger partial charge in [-0.3, -0.25) is 24.1 Å². The van der Waals surface area contributed by atoms with Crippen molar-refractivity contribution < 1.29 is 23.9 Å². The third kappa shape index (κ3) is 3.74. The van der Waals surface area contributed by atoms with Crippen LogP contribution in [0.15, 0.2) is 47.8 Å². The minimum Gasteiger partial charge on any atom is -0.482 e. The van der Waals surface area contributed by atoms with Crippen LogP contribution in [0.5, 0.6) is 5.75 Å². The van der Waals surface area contributed by atoms with E-state index in [1.165, 1.54) is 16.2 Å². The summed E-state index contributed by atoms with van der Waals surface area (Å²) in [5.74, 6) is -0.641. The first-order valence-corrected chi connectivity index (χ1v) is 11.0. The van der Waals surface area contributed by atoms with Crippen LogP contribution < -0.4 is 15.0 Å². The molecule has 2 aliphatic rings. The fourth-order valence-electron chi connectivity index (χ4n) is 3.73. The average Bonchev–Trinajstić information content (AvgIpc) is 3.38. The van der Waals surface area contributed by atoms with Gasteiger partial charge in [0.05, 0.1) is 22.5 Å². The summed E-state index contributed by atoms with van der Waals surface area (Å²) in [5.41, 5.74) is 2.79. The van der Waals surface area contributed by atoms with Gasteiger partial charge < -0.3 is 15.0 Å². The van der Waals surface area contributed by atoms with Crippen molar-refractivity contribution in [1.29, 1.82) is 0 Å². The average molecular weight is 462 g/mol. The Morgan fingerprint density at radius 3 is 2.58 bits per heavy atom. The Hall–Kier alpha value is -4.05. The minimum atomic E-state index is -0.389. The van der Waals surface area contributed by atoms with E-state index in [-0.39, 0.29) is 43.2 Å². The van der Waals surface area contributed by atoms with Gasteiger partial charge in [-0.25, -0.2) is 4.98 Å². The Bertz CT molecular complexity index is 1280. The number of imide groups is 1. The van der Waals surface area contributed by atoms with E-state index in [9.17, 15) is 19.2 Å². The molecule has 166 valence electrons.